The predicted octanol–water partition coefficient (Wildman–Crippen LogP) is 4.97. The third-order valence-corrected chi connectivity index (χ3v) is 11.0. The summed E-state index contributed by atoms with van der Waals surface area (Å²) in [6.45, 7) is 8.85. The van der Waals surface area contributed by atoms with Gasteiger partial charge in [-0.15, -0.1) is 0 Å². The SMILES string of the molecule is CC1=CC([Si](c2cccc(C)c2)(c2cccc(C)c2)c2cccc(C)c2)C=C1. The van der Waals surface area contributed by atoms with Crippen LogP contribution in [0.5, 0.6) is 0 Å². The quantitative estimate of drug-likeness (QED) is 0.443. The van der Waals surface area contributed by atoms with Crippen LogP contribution in [0.1, 0.15) is 23.6 Å². The Hall–Kier alpha value is -2.64. The highest BCUT2D eigenvalue weighted by Crippen LogP contribution is 2.32. The molecule has 1 heteroatoms. The fraction of sp³-hybridized carbons (Fsp3) is 0.185. The van der Waals surface area contributed by atoms with Gasteiger partial charge in [-0.2, -0.15) is 0 Å². The van der Waals surface area contributed by atoms with Crippen LogP contribution in [-0.2, 0) is 0 Å². The molecule has 3 aromatic carbocycles. The van der Waals surface area contributed by atoms with E-state index in [0.717, 1.165) is 0 Å². The maximum absolute atomic E-state index is 2.49. The van der Waals surface area contributed by atoms with Crippen LogP contribution in [0.3, 0.4) is 0 Å². The van der Waals surface area contributed by atoms with Crippen molar-refractivity contribution < 1.29 is 0 Å². The molecule has 1 atom stereocenters. The largest absolute Gasteiger partial charge is 0.158 e. The van der Waals surface area contributed by atoms with E-state index in [0.29, 0.717) is 5.54 Å². The van der Waals surface area contributed by atoms with Crippen LogP contribution >= 0.6 is 0 Å². The van der Waals surface area contributed by atoms with Gasteiger partial charge in [0.15, 0.2) is 8.07 Å². The number of rotatable bonds is 4. The molecule has 0 amide bonds. The van der Waals surface area contributed by atoms with Crippen LogP contribution in [0.2, 0.25) is 5.54 Å². The topological polar surface area (TPSA) is 0 Å². The molecule has 4 rings (SSSR count). The summed E-state index contributed by atoms with van der Waals surface area (Å²) in [7, 11) is -2.29. The second kappa shape index (κ2) is 7.41. The molecule has 0 bridgehead atoms. The molecule has 0 radical (unpaired) electrons. The summed E-state index contributed by atoms with van der Waals surface area (Å²) in [6, 6.07) is 27.7. The van der Waals surface area contributed by atoms with E-state index in [9.17, 15) is 0 Å². The maximum Gasteiger partial charge on any atom is 0.158 e. The first-order valence-corrected chi connectivity index (χ1v) is 12.2. The molecule has 0 aromatic heterocycles. The van der Waals surface area contributed by atoms with Gasteiger partial charge in [0, 0.05) is 5.54 Å². The van der Waals surface area contributed by atoms with Crippen molar-refractivity contribution in [3.63, 3.8) is 0 Å². The highest BCUT2D eigenvalue weighted by Gasteiger charge is 2.45. The summed E-state index contributed by atoms with van der Waals surface area (Å²) in [6.07, 6.45) is 7.22. The Bertz CT molecular complexity index is 960. The number of benzene rings is 3. The van der Waals surface area contributed by atoms with Crippen molar-refractivity contribution in [3.8, 4) is 0 Å². The molecule has 0 fully saturated rings. The van der Waals surface area contributed by atoms with E-state index in [2.05, 4.69) is 119 Å². The average molecular weight is 381 g/mol. The molecule has 1 aliphatic rings. The molecule has 1 unspecified atom stereocenters. The van der Waals surface area contributed by atoms with E-state index < -0.39 is 8.07 Å². The maximum atomic E-state index is 2.49. The zero-order chi connectivity index (χ0) is 19.7. The average Bonchev–Trinajstić information content (AvgIpc) is 3.09. The zero-order valence-corrected chi connectivity index (χ0v) is 18.2. The molecule has 1 aliphatic carbocycles. The lowest BCUT2D eigenvalue weighted by molar-refractivity contribution is 1.32. The van der Waals surface area contributed by atoms with Crippen LogP contribution in [0, 0.1) is 20.8 Å². The third kappa shape index (κ3) is 3.20. The van der Waals surface area contributed by atoms with Crippen molar-refractivity contribution in [3.05, 3.63) is 113 Å². The summed E-state index contributed by atoms with van der Waals surface area (Å²) < 4.78 is 0. The zero-order valence-electron chi connectivity index (χ0n) is 17.2. The first-order chi connectivity index (χ1) is 13.5. The molecule has 140 valence electrons. The Kier molecular flexibility index (Phi) is 4.95. The van der Waals surface area contributed by atoms with E-state index in [1.807, 2.05) is 0 Å². The predicted molar refractivity (Wildman–Crippen MR) is 125 cm³/mol. The smallest absolute Gasteiger partial charge is 0.0791 e. The molecular formula is C27H28Si. The summed E-state index contributed by atoms with van der Waals surface area (Å²) >= 11 is 0. The van der Waals surface area contributed by atoms with Gasteiger partial charge in [-0.25, -0.2) is 0 Å². The van der Waals surface area contributed by atoms with Crippen molar-refractivity contribution in [2.45, 2.75) is 33.2 Å². The van der Waals surface area contributed by atoms with Gasteiger partial charge in [0.2, 0.25) is 0 Å². The Morgan fingerprint density at radius 2 is 1.04 bits per heavy atom. The Morgan fingerprint density at radius 1 is 0.607 bits per heavy atom. The van der Waals surface area contributed by atoms with Gasteiger partial charge in [0.05, 0.1) is 0 Å². The molecule has 28 heavy (non-hydrogen) atoms. The number of hydrogen-bond donors (Lipinski definition) is 0. The minimum Gasteiger partial charge on any atom is -0.0791 e. The fourth-order valence-electron chi connectivity index (χ4n) is 4.67. The van der Waals surface area contributed by atoms with Gasteiger partial charge < -0.3 is 0 Å². The first kappa shape index (κ1) is 18.7. The molecular weight excluding hydrogens is 352 g/mol. The second-order valence-corrected chi connectivity index (χ2v) is 12.2. The molecule has 0 N–H and O–H groups in total. The fourth-order valence-corrected chi connectivity index (χ4v) is 10.2. The van der Waals surface area contributed by atoms with E-state index >= 15 is 0 Å². The third-order valence-electron chi connectivity index (χ3n) is 5.93. The minimum atomic E-state index is -2.29. The molecule has 0 nitrogen and oxygen atoms in total. The molecule has 0 aliphatic heterocycles. The summed E-state index contributed by atoms with van der Waals surface area (Å²) in [5.41, 5.74) is 5.78. The number of hydrogen-bond acceptors (Lipinski definition) is 0. The van der Waals surface area contributed by atoms with Crippen molar-refractivity contribution in [1.29, 1.82) is 0 Å². The summed E-state index contributed by atoms with van der Waals surface area (Å²) in [4.78, 5) is 0. The number of aryl methyl sites for hydroxylation is 3. The molecule has 0 spiro atoms. The lowest BCUT2D eigenvalue weighted by Crippen LogP contribution is -2.69. The molecule has 0 heterocycles. The molecule has 3 aromatic rings. The molecule has 0 saturated heterocycles. The minimum absolute atomic E-state index is 0.415. The lowest BCUT2D eigenvalue weighted by atomic mass is 10.2. The standard InChI is InChI=1S/C27H28Si/c1-20-8-5-11-24(16-20)28(27-15-14-23(4)19-27,25-12-6-9-21(2)17-25)26-13-7-10-22(3)18-26/h5-19,27H,1-4H3. The van der Waals surface area contributed by atoms with Gasteiger partial charge >= 0.3 is 0 Å². The van der Waals surface area contributed by atoms with E-state index in [1.54, 1.807) is 0 Å². The first-order valence-electron chi connectivity index (χ1n) is 10.1. The van der Waals surface area contributed by atoms with Crippen LogP contribution in [-0.4, -0.2) is 8.07 Å². The highest BCUT2D eigenvalue weighted by molar-refractivity contribution is 7.13. The van der Waals surface area contributed by atoms with Crippen molar-refractivity contribution in [1.82, 2.24) is 0 Å². The van der Waals surface area contributed by atoms with Crippen LogP contribution in [0.25, 0.3) is 0 Å². The van der Waals surface area contributed by atoms with Crippen LogP contribution in [0.4, 0.5) is 0 Å². The van der Waals surface area contributed by atoms with Crippen LogP contribution in [0.15, 0.2) is 96.6 Å². The van der Waals surface area contributed by atoms with Gasteiger partial charge in [0.25, 0.3) is 0 Å². The Morgan fingerprint density at radius 3 is 1.36 bits per heavy atom. The highest BCUT2D eigenvalue weighted by atomic mass is 28.3. The number of allylic oxidation sites excluding steroid dienone is 4. The lowest BCUT2D eigenvalue weighted by Gasteiger charge is -2.38. The van der Waals surface area contributed by atoms with E-state index in [4.69, 9.17) is 0 Å². The van der Waals surface area contributed by atoms with Gasteiger partial charge in [0.1, 0.15) is 0 Å². The van der Waals surface area contributed by atoms with Crippen molar-refractivity contribution in [2.75, 3.05) is 0 Å². The summed E-state index contributed by atoms with van der Waals surface area (Å²) in [5.74, 6) is 0. The second-order valence-electron chi connectivity index (χ2n) is 8.21. The summed E-state index contributed by atoms with van der Waals surface area (Å²) in [5, 5.41) is 4.47. The van der Waals surface area contributed by atoms with Gasteiger partial charge in [-0.3, -0.25) is 0 Å². The van der Waals surface area contributed by atoms with E-state index in [1.165, 1.54) is 37.8 Å². The van der Waals surface area contributed by atoms with Crippen molar-refractivity contribution >= 4 is 23.6 Å². The molecule has 0 saturated carbocycles. The Balaban J connectivity index is 2.12. The van der Waals surface area contributed by atoms with Crippen molar-refractivity contribution in [2.24, 2.45) is 0 Å². The monoisotopic (exact) mass is 380 g/mol. The Labute approximate surface area is 170 Å². The van der Waals surface area contributed by atoms with Crippen LogP contribution < -0.4 is 15.6 Å². The van der Waals surface area contributed by atoms with Gasteiger partial charge in [-0.05, 0) is 43.3 Å². The van der Waals surface area contributed by atoms with E-state index in [-0.39, 0.29) is 0 Å². The normalized spacial score (nSPS) is 16.3. The van der Waals surface area contributed by atoms with Gasteiger partial charge in [-0.1, -0.05) is 113 Å².